The second kappa shape index (κ2) is 7.32. The summed E-state index contributed by atoms with van der Waals surface area (Å²) in [6.45, 7) is 0. The van der Waals surface area contributed by atoms with Crippen molar-refractivity contribution in [1.29, 1.82) is 0 Å². The minimum atomic E-state index is -6.08. The Bertz CT molecular complexity index is 337. The van der Waals surface area contributed by atoms with Gasteiger partial charge in [-0.25, -0.2) is 0 Å². The van der Waals surface area contributed by atoms with E-state index in [0.717, 1.165) is 0 Å². The molecular formula is C6F10MgO4. The van der Waals surface area contributed by atoms with Gasteiger partial charge in [-0.05, 0) is 0 Å². The van der Waals surface area contributed by atoms with Gasteiger partial charge in [0.2, 0.25) is 0 Å². The van der Waals surface area contributed by atoms with Crippen LogP contribution in [0.1, 0.15) is 0 Å². The van der Waals surface area contributed by atoms with E-state index in [9.17, 15) is 43.9 Å². The number of rotatable bonds is 2. The Morgan fingerprint density at radius 1 is 0.571 bits per heavy atom. The van der Waals surface area contributed by atoms with Gasteiger partial charge in [0.15, 0.2) is 0 Å². The van der Waals surface area contributed by atoms with Crippen LogP contribution >= 0.6 is 0 Å². The van der Waals surface area contributed by atoms with Gasteiger partial charge in [0.05, 0.1) is 0 Å². The molecule has 0 spiro atoms. The normalized spacial score (nSPS) is 12.7. The van der Waals surface area contributed by atoms with Crippen molar-refractivity contribution >= 4 is 35.0 Å². The van der Waals surface area contributed by atoms with Crippen molar-refractivity contribution in [1.82, 2.24) is 0 Å². The van der Waals surface area contributed by atoms with Crippen LogP contribution in [-0.4, -0.2) is 59.2 Å². The Labute approximate surface area is 123 Å². The number of halogens is 10. The average Bonchev–Trinajstić information content (AvgIpc) is 2.14. The quantitative estimate of drug-likeness (QED) is 0.496. The minimum absolute atomic E-state index is 0. The van der Waals surface area contributed by atoms with Crippen LogP contribution in [0.5, 0.6) is 0 Å². The third-order valence-corrected chi connectivity index (χ3v) is 1.22. The van der Waals surface area contributed by atoms with E-state index in [4.69, 9.17) is 19.8 Å². The van der Waals surface area contributed by atoms with Gasteiger partial charge in [0, 0.05) is 0 Å². The first kappa shape index (κ1) is 25.0. The first-order valence-corrected chi connectivity index (χ1v) is 3.71. The Hall–Kier alpha value is -0.994. The van der Waals surface area contributed by atoms with Gasteiger partial charge in [-0.3, -0.25) is 0 Å². The molecule has 4 nitrogen and oxygen atoms in total. The number of aliphatic carboxylic acids is 2. The van der Waals surface area contributed by atoms with Crippen molar-refractivity contribution in [3.8, 4) is 0 Å². The van der Waals surface area contributed by atoms with Crippen LogP contribution in [0.15, 0.2) is 0 Å². The summed E-state index contributed by atoms with van der Waals surface area (Å²) in [5.74, 6) is -18.4. The number of carbonyl (C=O) groups is 2. The zero-order chi connectivity index (χ0) is 17.2. The Morgan fingerprint density at radius 2 is 0.714 bits per heavy atom. The number of carbonyl (C=O) groups excluding carboxylic acids is 2. The van der Waals surface area contributed by atoms with Gasteiger partial charge in [-0.15, -0.1) is 0 Å². The summed E-state index contributed by atoms with van der Waals surface area (Å²) in [6, 6.07) is 0. The molecule has 0 amide bonds. The molecule has 0 radical (unpaired) electrons. The van der Waals surface area contributed by atoms with E-state index in [1.165, 1.54) is 0 Å². The zero-order valence-electron chi connectivity index (χ0n) is 9.12. The topological polar surface area (TPSA) is 80.3 Å². The van der Waals surface area contributed by atoms with Crippen LogP contribution in [0.2, 0.25) is 0 Å². The zero-order valence-corrected chi connectivity index (χ0v) is 10.5. The molecule has 0 aliphatic heterocycles. The maximum absolute atomic E-state index is 11.3. The van der Waals surface area contributed by atoms with Crippen molar-refractivity contribution < 1.29 is 63.7 Å². The molecule has 0 N–H and O–H groups in total. The molecule has 0 rings (SSSR count). The van der Waals surface area contributed by atoms with Gasteiger partial charge in [-0.1, -0.05) is 0 Å². The van der Waals surface area contributed by atoms with E-state index < -0.39 is 36.1 Å². The Balaban J connectivity index is -0.000000295. The first-order chi connectivity index (χ1) is 8.39. The molecule has 0 aliphatic rings. The number of hydrogen-bond acceptors (Lipinski definition) is 4. The largest absolute Gasteiger partial charge is 2.00 e. The predicted octanol–water partition coefficient (Wildman–Crippen LogP) is -0.513. The van der Waals surface area contributed by atoms with E-state index in [2.05, 4.69) is 0 Å². The number of carboxylic acid groups (broad SMARTS) is 2. The van der Waals surface area contributed by atoms with E-state index >= 15 is 0 Å². The monoisotopic (exact) mass is 350 g/mol. The van der Waals surface area contributed by atoms with Crippen molar-refractivity contribution in [2.75, 3.05) is 0 Å². The molecule has 0 aromatic rings. The molecule has 0 aromatic heterocycles. The molecule has 0 saturated heterocycles. The Morgan fingerprint density at radius 3 is 0.714 bits per heavy atom. The summed E-state index contributed by atoms with van der Waals surface area (Å²) < 4.78 is 111. The third kappa shape index (κ3) is 6.53. The molecule has 0 unspecified atom stereocenters. The molecule has 120 valence electrons. The van der Waals surface area contributed by atoms with Gasteiger partial charge in [0.1, 0.15) is 11.9 Å². The van der Waals surface area contributed by atoms with Gasteiger partial charge >= 0.3 is 47.3 Å². The van der Waals surface area contributed by atoms with E-state index in [-0.39, 0.29) is 23.1 Å². The second-order valence-corrected chi connectivity index (χ2v) is 2.72. The van der Waals surface area contributed by atoms with Crippen molar-refractivity contribution in [2.24, 2.45) is 0 Å². The summed E-state index contributed by atoms with van der Waals surface area (Å²) in [6.07, 6.45) is -12.2. The molecular weight excluding hydrogens is 350 g/mol. The summed E-state index contributed by atoms with van der Waals surface area (Å²) in [7, 11) is 0. The van der Waals surface area contributed by atoms with Crippen molar-refractivity contribution in [2.45, 2.75) is 24.2 Å². The molecule has 21 heavy (non-hydrogen) atoms. The van der Waals surface area contributed by atoms with Crippen molar-refractivity contribution in [3.05, 3.63) is 0 Å². The molecule has 0 heterocycles. The van der Waals surface area contributed by atoms with Gasteiger partial charge in [0.25, 0.3) is 0 Å². The van der Waals surface area contributed by atoms with Gasteiger partial charge < -0.3 is 19.8 Å². The average molecular weight is 350 g/mol. The Kier molecular flexibility index (Phi) is 8.72. The maximum atomic E-state index is 11.3. The fourth-order valence-electron chi connectivity index (χ4n) is 0.231. The van der Waals surface area contributed by atoms with E-state index in [0.29, 0.717) is 0 Å². The van der Waals surface area contributed by atoms with Crippen LogP contribution in [0.4, 0.5) is 43.9 Å². The molecule has 0 fully saturated rings. The van der Waals surface area contributed by atoms with Crippen LogP contribution < -0.4 is 10.2 Å². The number of alkyl halides is 10. The summed E-state index contributed by atoms with van der Waals surface area (Å²) >= 11 is 0. The summed E-state index contributed by atoms with van der Waals surface area (Å²) in [5, 5.41) is 18.2. The standard InChI is InChI=1S/2C3HF5O2.Mg/c2*4-2(5,1(9)10)3(6,7)8;/h2*(H,9,10);/q;;+2/p-2. The SMILES string of the molecule is O=C([O-])C(F)(F)C(F)(F)F.O=C([O-])C(F)(F)C(F)(F)F.[Mg+2]. The molecule has 0 aliphatic carbocycles. The number of hydrogen-bond donors (Lipinski definition) is 0. The molecule has 0 atom stereocenters. The van der Waals surface area contributed by atoms with Gasteiger partial charge in [-0.2, -0.15) is 43.9 Å². The minimum Gasteiger partial charge on any atom is -0.544 e. The smallest absolute Gasteiger partial charge is 0.544 e. The molecule has 0 saturated carbocycles. The van der Waals surface area contributed by atoms with Crippen LogP contribution in [0, 0.1) is 0 Å². The van der Waals surface area contributed by atoms with E-state index in [1.807, 2.05) is 0 Å². The predicted molar refractivity (Wildman–Crippen MR) is 37.8 cm³/mol. The number of carboxylic acids is 2. The maximum Gasteiger partial charge on any atom is 2.00 e. The van der Waals surface area contributed by atoms with Crippen LogP contribution in [0.25, 0.3) is 0 Å². The fourth-order valence-corrected chi connectivity index (χ4v) is 0.231. The fraction of sp³-hybridized carbons (Fsp3) is 0.667. The molecule has 15 heteroatoms. The molecule has 0 aromatic carbocycles. The van der Waals surface area contributed by atoms with Crippen LogP contribution in [-0.2, 0) is 9.59 Å². The van der Waals surface area contributed by atoms with Crippen molar-refractivity contribution in [3.63, 3.8) is 0 Å². The third-order valence-electron chi connectivity index (χ3n) is 1.22. The summed E-state index contributed by atoms with van der Waals surface area (Å²) in [4.78, 5) is 18.2. The van der Waals surface area contributed by atoms with E-state index in [1.54, 1.807) is 0 Å². The summed E-state index contributed by atoms with van der Waals surface area (Å²) in [5.41, 5.74) is 0. The first-order valence-electron chi connectivity index (χ1n) is 3.71. The molecule has 0 bridgehead atoms. The second-order valence-electron chi connectivity index (χ2n) is 2.72. The van der Waals surface area contributed by atoms with Crippen LogP contribution in [0.3, 0.4) is 0 Å².